The Bertz CT molecular complexity index is 1580. The van der Waals surface area contributed by atoms with Crippen molar-refractivity contribution in [2.45, 2.75) is 33.0 Å². The SMILES string of the molecule is CC(C)(C)OC(=O)c1ccc(-c2ccc3cc(OCc4ccccc4)ccc3c2Oc2ccc(O)cc2)cc1. The van der Waals surface area contributed by atoms with Gasteiger partial charge in [0.15, 0.2) is 0 Å². The molecule has 5 aromatic rings. The molecule has 0 bridgehead atoms. The quantitative estimate of drug-likeness (QED) is 0.219. The highest BCUT2D eigenvalue weighted by molar-refractivity contribution is 5.97. The van der Waals surface area contributed by atoms with Gasteiger partial charge in [-0.25, -0.2) is 4.79 Å². The Morgan fingerprint density at radius 1 is 0.769 bits per heavy atom. The molecule has 196 valence electrons. The second kappa shape index (κ2) is 10.9. The molecule has 0 atom stereocenters. The molecule has 0 aliphatic carbocycles. The number of phenolic OH excluding ortho intramolecular Hbond substituents is 1. The number of ether oxygens (including phenoxy) is 3. The molecule has 0 fully saturated rings. The summed E-state index contributed by atoms with van der Waals surface area (Å²) >= 11 is 0. The van der Waals surface area contributed by atoms with E-state index in [1.54, 1.807) is 36.4 Å². The number of phenols is 1. The minimum atomic E-state index is -0.567. The Balaban J connectivity index is 1.50. The fraction of sp³-hybridized carbons (Fsp3) is 0.147. The van der Waals surface area contributed by atoms with Crippen LogP contribution in [0, 0.1) is 0 Å². The molecule has 0 aliphatic heterocycles. The van der Waals surface area contributed by atoms with Crippen LogP contribution in [0.25, 0.3) is 21.9 Å². The van der Waals surface area contributed by atoms with Crippen LogP contribution in [0.2, 0.25) is 0 Å². The largest absolute Gasteiger partial charge is 0.508 e. The molecule has 5 nitrogen and oxygen atoms in total. The van der Waals surface area contributed by atoms with Crippen molar-refractivity contribution in [2.75, 3.05) is 0 Å². The van der Waals surface area contributed by atoms with Gasteiger partial charge >= 0.3 is 5.97 Å². The molecule has 0 aliphatic rings. The molecule has 0 radical (unpaired) electrons. The summed E-state index contributed by atoms with van der Waals surface area (Å²) in [5.74, 6) is 1.82. The molecule has 0 unspecified atom stereocenters. The number of aromatic hydroxyl groups is 1. The van der Waals surface area contributed by atoms with E-state index in [0.717, 1.165) is 33.2 Å². The fourth-order valence-electron chi connectivity index (χ4n) is 4.20. The summed E-state index contributed by atoms with van der Waals surface area (Å²) in [5, 5.41) is 11.6. The van der Waals surface area contributed by atoms with Crippen molar-refractivity contribution in [1.82, 2.24) is 0 Å². The first-order valence-corrected chi connectivity index (χ1v) is 12.8. The second-order valence-electron chi connectivity index (χ2n) is 10.3. The average molecular weight is 519 g/mol. The molecule has 5 aromatic carbocycles. The van der Waals surface area contributed by atoms with E-state index in [4.69, 9.17) is 14.2 Å². The normalized spacial score (nSPS) is 11.3. The first-order chi connectivity index (χ1) is 18.7. The number of esters is 1. The number of benzene rings is 5. The number of hydrogen-bond acceptors (Lipinski definition) is 5. The van der Waals surface area contributed by atoms with Gasteiger partial charge < -0.3 is 19.3 Å². The minimum absolute atomic E-state index is 0.165. The molecule has 5 rings (SSSR count). The van der Waals surface area contributed by atoms with Gasteiger partial charge in [-0.2, -0.15) is 0 Å². The van der Waals surface area contributed by atoms with Gasteiger partial charge in [-0.05, 0) is 97.9 Å². The molecule has 0 saturated carbocycles. The lowest BCUT2D eigenvalue weighted by atomic mass is 9.98. The van der Waals surface area contributed by atoms with Gasteiger partial charge in [-0.15, -0.1) is 0 Å². The zero-order valence-electron chi connectivity index (χ0n) is 22.2. The van der Waals surface area contributed by atoms with E-state index in [1.165, 1.54) is 0 Å². The Labute approximate surface area is 228 Å². The van der Waals surface area contributed by atoms with Gasteiger partial charge in [0, 0.05) is 10.9 Å². The Morgan fingerprint density at radius 3 is 2.15 bits per heavy atom. The molecule has 0 spiro atoms. The molecule has 1 N–H and O–H groups in total. The van der Waals surface area contributed by atoms with Crippen LogP contribution in [0.15, 0.2) is 109 Å². The third-order valence-electron chi connectivity index (χ3n) is 6.08. The summed E-state index contributed by atoms with van der Waals surface area (Å²) < 4.78 is 17.9. The molecule has 0 aromatic heterocycles. The second-order valence-corrected chi connectivity index (χ2v) is 10.3. The minimum Gasteiger partial charge on any atom is -0.508 e. The van der Waals surface area contributed by atoms with Crippen molar-refractivity contribution in [3.05, 3.63) is 120 Å². The molecular formula is C34H30O5. The van der Waals surface area contributed by atoms with E-state index in [0.29, 0.717) is 23.7 Å². The third-order valence-corrected chi connectivity index (χ3v) is 6.08. The van der Waals surface area contributed by atoms with E-state index in [1.807, 2.05) is 93.6 Å². The molecular weight excluding hydrogens is 488 g/mol. The van der Waals surface area contributed by atoms with E-state index in [9.17, 15) is 9.90 Å². The summed E-state index contributed by atoms with van der Waals surface area (Å²) in [6.45, 7) is 6.02. The van der Waals surface area contributed by atoms with Crippen LogP contribution in [0.5, 0.6) is 23.0 Å². The molecule has 0 saturated heterocycles. The number of fused-ring (bicyclic) bond motifs is 1. The monoisotopic (exact) mass is 518 g/mol. The maximum absolute atomic E-state index is 12.5. The summed E-state index contributed by atoms with van der Waals surface area (Å²) in [5.41, 5.74) is 2.77. The zero-order valence-corrected chi connectivity index (χ0v) is 22.2. The van der Waals surface area contributed by atoms with Crippen LogP contribution in [-0.4, -0.2) is 16.7 Å². The molecule has 0 amide bonds. The highest BCUT2D eigenvalue weighted by atomic mass is 16.6. The predicted molar refractivity (Wildman–Crippen MR) is 154 cm³/mol. The van der Waals surface area contributed by atoms with E-state index < -0.39 is 5.60 Å². The van der Waals surface area contributed by atoms with E-state index >= 15 is 0 Å². The van der Waals surface area contributed by atoms with Crippen molar-refractivity contribution in [3.63, 3.8) is 0 Å². The van der Waals surface area contributed by atoms with Crippen molar-refractivity contribution < 1.29 is 24.1 Å². The van der Waals surface area contributed by atoms with Crippen molar-refractivity contribution in [2.24, 2.45) is 0 Å². The van der Waals surface area contributed by atoms with Gasteiger partial charge in [0.2, 0.25) is 0 Å². The maximum atomic E-state index is 12.5. The van der Waals surface area contributed by atoms with Crippen molar-refractivity contribution in [1.29, 1.82) is 0 Å². The van der Waals surface area contributed by atoms with Crippen molar-refractivity contribution in [3.8, 4) is 34.1 Å². The smallest absolute Gasteiger partial charge is 0.338 e. The van der Waals surface area contributed by atoms with Crippen LogP contribution in [0.3, 0.4) is 0 Å². The number of carbonyl (C=O) groups is 1. The zero-order chi connectivity index (χ0) is 27.4. The number of rotatable bonds is 7. The van der Waals surface area contributed by atoms with Crippen LogP contribution < -0.4 is 9.47 Å². The number of hydrogen-bond donors (Lipinski definition) is 1. The highest BCUT2D eigenvalue weighted by Gasteiger charge is 2.19. The lowest BCUT2D eigenvalue weighted by molar-refractivity contribution is 0.00695. The molecule has 39 heavy (non-hydrogen) atoms. The van der Waals surface area contributed by atoms with E-state index in [2.05, 4.69) is 0 Å². The highest BCUT2D eigenvalue weighted by Crippen LogP contribution is 2.41. The van der Waals surface area contributed by atoms with Crippen LogP contribution in [-0.2, 0) is 11.3 Å². The van der Waals surface area contributed by atoms with E-state index in [-0.39, 0.29) is 11.7 Å². The summed E-state index contributed by atoms with van der Waals surface area (Å²) in [4.78, 5) is 12.5. The first-order valence-electron chi connectivity index (χ1n) is 12.8. The number of carbonyl (C=O) groups excluding carboxylic acids is 1. The molecule has 5 heteroatoms. The van der Waals surface area contributed by atoms with Gasteiger partial charge in [-0.3, -0.25) is 0 Å². The molecule has 0 heterocycles. The van der Waals surface area contributed by atoms with Gasteiger partial charge in [-0.1, -0.05) is 48.5 Å². The third kappa shape index (κ3) is 6.39. The Morgan fingerprint density at radius 2 is 1.46 bits per heavy atom. The Kier molecular flexibility index (Phi) is 7.24. The van der Waals surface area contributed by atoms with Crippen LogP contribution in [0.1, 0.15) is 36.7 Å². The lowest BCUT2D eigenvalue weighted by Gasteiger charge is -2.19. The summed E-state index contributed by atoms with van der Waals surface area (Å²) in [7, 11) is 0. The van der Waals surface area contributed by atoms with Gasteiger partial charge in [0.1, 0.15) is 35.2 Å². The standard InChI is InChI=1S/C34H30O5/c1-34(2,3)39-33(36)25-11-9-24(10-12-25)30-19-13-26-21-29(37-22-23-7-5-4-6-8-23)18-20-31(26)32(30)38-28-16-14-27(35)15-17-28/h4-21,35H,22H2,1-3H3. The van der Waals surface area contributed by atoms with Crippen molar-refractivity contribution >= 4 is 16.7 Å². The summed E-state index contributed by atoms with van der Waals surface area (Å²) in [6.07, 6.45) is 0. The maximum Gasteiger partial charge on any atom is 0.338 e. The predicted octanol–water partition coefficient (Wildman–Crippen LogP) is 8.54. The van der Waals surface area contributed by atoms with Gasteiger partial charge in [0.05, 0.1) is 5.56 Å². The summed E-state index contributed by atoms with van der Waals surface area (Å²) in [6, 6.07) is 33.9. The van der Waals surface area contributed by atoms with Crippen LogP contribution >= 0.6 is 0 Å². The lowest BCUT2D eigenvalue weighted by Crippen LogP contribution is -2.23. The Hall–Kier alpha value is -4.77. The van der Waals surface area contributed by atoms with Crippen LogP contribution in [0.4, 0.5) is 0 Å². The first kappa shape index (κ1) is 25.9. The van der Waals surface area contributed by atoms with Gasteiger partial charge in [0.25, 0.3) is 0 Å². The fourth-order valence-corrected chi connectivity index (χ4v) is 4.20. The average Bonchev–Trinajstić information content (AvgIpc) is 2.93. The topological polar surface area (TPSA) is 65.0 Å².